The highest BCUT2D eigenvalue weighted by molar-refractivity contribution is 6.14. The molecule has 7 rings (SSSR count). The van der Waals surface area contributed by atoms with Gasteiger partial charge in [-0.05, 0) is 35.2 Å². The van der Waals surface area contributed by atoms with Crippen LogP contribution in [-0.2, 0) is 25.6 Å². The van der Waals surface area contributed by atoms with Crippen molar-refractivity contribution in [2.45, 2.75) is 31.2 Å². The predicted octanol–water partition coefficient (Wildman–Crippen LogP) is 2.76. The minimum atomic E-state index is -1.16. The number of methoxy groups -OCH3 is 2. The Labute approximate surface area is 216 Å². The van der Waals surface area contributed by atoms with Crippen molar-refractivity contribution in [2.24, 2.45) is 0 Å². The summed E-state index contributed by atoms with van der Waals surface area (Å²) in [5.74, 6) is 2.13. The van der Waals surface area contributed by atoms with Crippen molar-refractivity contribution in [3.63, 3.8) is 0 Å². The molecule has 0 unspecified atom stereocenters. The van der Waals surface area contributed by atoms with Crippen molar-refractivity contribution in [2.75, 3.05) is 34.4 Å². The summed E-state index contributed by atoms with van der Waals surface area (Å²) in [5.41, 5.74) is 2.26. The first kappa shape index (κ1) is 23.4. The van der Waals surface area contributed by atoms with E-state index in [0.29, 0.717) is 56.2 Å². The Morgan fingerprint density at radius 1 is 0.842 bits per heavy atom. The number of benzene rings is 3. The van der Waals surface area contributed by atoms with Gasteiger partial charge in [0, 0.05) is 30.7 Å². The molecule has 4 atom stereocenters. The molecular weight excluding hydrogens is 500 g/mol. The number of fused-ring (bicyclic) bond motifs is 4. The zero-order chi connectivity index (χ0) is 26.0. The summed E-state index contributed by atoms with van der Waals surface area (Å²) in [4.78, 5) is 13.2. The lowest BCUT2D eigenvalue weighted by Crippen LogP contribution is -2.56. The summed E-state index contributed by atoms with van der Waals surface area (Å²) in [6.07, 6.45) is -3.39. The van der Waals surface area contributed by atoms with Crippen LogP contribution in [0.2, 0.25) is 0 Å². The van der Waals surface area contributed by atoms with Crippen LogP contribution in [0.4, 0.5) is 0 Å². The molecule has 38 heavy (non-hydrogen) atoms. The van der Waals surface area contributed by atoms with Crippen LogP contribution in [0.25, 0.3) is 21.9 Å². The molecule has 0 radical (unpaired) electrons. The number of hydrogen-bond acceptors (Lipinski definition) is 11. The largest absolute Gasteiger partial charge is 0.461 e. The van der Waals surface area contributed by atoms with Gasteiger partial charge in [0.05, 0.1) is 12.2 Å². The Balaban J connectivity index is 1.42. The molecule has 4 aliphatic rings. The molecule has 1 N–H and O–H groups in total. The van der Waals surface area contributed by atoms with E-state index in [1.807, 2.05) is 18.2 Å². The highest BCUT2D eigenvalue weighted by Gasteiger charge is 2.43. The molecule has 3 aromatic carbocycles. The molecule has 1 fully saturated rings. The standard InChI is InChI=1S/C27H24O11/c1-30-20-9-33-27(23(28)25(20)31-2)38-24-14-7-19-18(36-11-37-19)6-13(14)21(22-15(24)8-32-26(22)29)12-3-4-16-17(5-12)35-10-34-16/h3-7,20,23,25,27-28H,8-11H2,1-2H3/t20-,23-,25+,27-/m1/s1. The third-order valence-corrected chi connectivity index (χ3v) is 7.28. The molecule has 4 aliphatic heterocycles. The zero-order valence-electron chi connectivity index (χ0n) is 20.6. The topological polar surface area (TPSA) is 120 Å². The van der Waals surface area contributed by atoms with Crippen molar-refractivity contribution >= 4 is 16.7 Å². The molecule has 1 saturated heterocycles. The maximum Gasteiger partial charge on any atom is 0.339 e. The lowest BCUT2D eigenvalue weighted by atomic mass is 9.89. The number of carbonyl (C=O) groups is 1. The highest BCUT2D eigenvalue weighted by Crippen LogP contribution is 2.50. The van der Waals surface area contributed by atoms with E-state index in [2.05, 4.69) is 0 Å². The van der Waals surface area contributed by atoms with Crippen molar-refractivity contribution in [3.8, 4) is 39.9 Å². The molecule has 0 aromatic heterocycles. The average Bonchev–Trinajstić information content (AvgIpc) is 3.68. The first-order valence-electron chi connectivity index (χ1n) is 12.1. The number of hydrogen-bond donors (Lipinski definition) is 1. The summed E-state index contributed by atoms with van der Waals surface area (Å²) < 4.78 is 50.9. The first-order chi connectivity index (χ1) is 18.6. The fourth-order valence-electron chi connectivity index (χ4n) is 5.43. The molecule has 11 nitrogen and oxygen atoms in total. The second kappa shape index (κ2) is 8.91. The molecule has 0 amide bonds. The maximum atomic E-state index is 13.2. The molecule has 0 aliphatic carbocycles. The van der Waals surface area contributed by atoms with E-state index in [1.165, 1.54) is 14.2 Å². The van der Waals surface area contributed by atoms with Gasteiger partial charge in [-0.3, -0.25) is 0 Å². The van der Waals surface area contributed by atoms with Gasteiger partial charge in [-0.1, -0.05) is 6.07 Å². The van der Waals surface area contributed by atoms with Gasteiger partial charge in [-0.2, -0.15) is 0 Å². The highest BCUT2D eigenvalue weighted by atomic mass is 16.7. The number of carbonyl (C=O) groups excluding carboxylic acids is 1. The normalized spacial score (nSPS) is 25.0. The Bertz CT molecular complexity index is 1450. The maximum absolute atomic E-state index is 13.2. The van der Waals surface area contributed by atoms with E-state index >= 15 is 0 Å². The van der Waals surface area contributed by atoms with E-state index < -0.39 is 30.6 Å². The second-order valence-electron chi connectivity index (χ2n) is 9.24. The molecule has 3 aromatic rings. The first-order valence-corrected chi connectivity index (χ1v) is 12.1. The zero-order valence-corrected chi connectivity index (χ0v) is 20.6. The molecule has 11 heteroatoms. The van der Waals surface area contributed by atoms with Crippen LogP contribution < -0.4 is 23.7 Å². The molecule has 198 valence electrons. The van der Waals surface area contributed by atoms with Gasteiger partial charge in [0.25, 0.3) is 0 Å². The van der Waals surface area contributed by atoms with Gasteiger partial charge in [-0.25, -0.2) is 4.79 Å². The number of esters is 1. The Hall–Kier alpha value is -3.77. The summed E-state index contributed by atoms with van der Waals surface area (Å²) in [5, 5.41) is 12.3. The minimum Gasteiger partial charge on any atom is -0.461 e. The fourth-order valence-corrected chi connectivity index (χ4v) is 5.43. The average molecular weight is 524 g/mol. The van der Waals surface area contributed by atoms with Gasteiger partial charge >= 0.3 is 5.97 Å². The molecular formula is C27H24O11. The Morgan fingerprint density at radius 3 is 2.29 bits per heavy atom. The monoisotopic (exact) mass is 524 g/mol. The van der Waals surface area contributed by atoms with E-state index in [4.69, 9.17) is 42.6 Å². The van der Waals surface area contributed by atoms with Gasteiger partial charge < -0.3 is 47.7 Å². The van der Waals surface area contributed by atoms with Crippen LogP contribution in [0.3, 0.4) is 0 Å². The number of aliphatic hydroxyl groups excluding tert-OH is 1. The molecule has 0 bridgehead atoms. The van der Waals surface area contributed by atoms with E-state index in [0.717, 1.165) is 5.56 Å². The van der Waals surface area contributed by atoms with Crippen LogP contribution in [-0.4, -0.2) is 70.1 Å². The quantitative estimate of drug-likeness (QED) is 0.496. The van der Waals surface area contributed by atoms with Crippen molar-refractivity contribution in [3.05, 3.63) is 41.5 Å². The van der Waals surface area contributed by atoms with Crippen LogP contribution in [0, 0.1) is 0 Å². The fraction of sp³-hybridized carbons (Fsp3) is 0.370. The van der Waals surface area contributed by atoms with E-state index in [-0.39, 0.29) is 26.8 Å². The third kappa shape index (κ3) is 3.47. The lowest BCUT2D eigenvalue weighted by Gasteiger charge is -2.38. The summed E-state index contributed by atoms with van der Waals surface area (Å²) in [6, 6.07) is 9.11. The minimum absolute atomic E-state index is 0.0113. The number of rotatable bonds is 5. The second-order valence-corrected chi connectivity index (χ2v) is 9.24. The number of cyclic esters (lactones) is 1. The van der Waals surface area contributed by atoms with Crippen LogP contribution >= 0.6 is 0 Å². The smallest absolute Gasteiger partial charge is 0.339 e. The lowest BCUT2D eigenvalue weighted by molar-refractivity contribution is -0.252. The summed E-state index contributed by atoms with van der Waals surface area (Å²) in [7, 11) is 3.01. The van der Waals surface area contributed by atoms with Gasteiger partial charge in [0.2, 0.25) is 19.9 Å². The van der Waals surface area contributed by atoms with E-state index in [1.54, 1.807) is 12.1 Å². The van der Waals surface area contributed by atoms with Gasteiger partial charge in [-0.15, -0.1) is 0 Å². The Kier molecular flexibility index (Phi) is 5.48. The summed E-state index contributed by atoms with van der Waals surface area (Å²) in [6.45, 7) is 0.333. The van der Waals surface area contributed by atoms with Gasteiger partial charge in [0.1, 0.15) is 30.7 Å². The molecule has 0 saturated carbocycles. The van der Waals surface area contributed by atoms with Crippen LogP contribution in [0.5, 0.6) is 28.7 Å². The number of ether oxygens (including phenoxy) is 9. The number of aliphatic hydroxyl groups is 1. The molecule has 0 spiro atoms. The third-order valence-electron chi connectivity index (χ3n) is 7.28. The predicted molar refractivity (Wildman–Crippen MR) is 129 cm³/mol. The van der Waals surface area contributed by atoms with Crippen molar-refractivity contribution < 1.29 is 52.5 Å². The van der Waals surface area contributed by atoms with E-state index in [9.17, 15) is 9.90 Å². The van der Waals surface area contributed by atoms with Crippen LogP contribution in [0.15, 0.2) is 30.3 Å². The van der Waals surface area contributed by atoms with Crippen molar-refractivity contribution in [1.29, 1.82) is 0 Å². The SMILES string of the molecule is CO[C@@H]1[C@@H](O)[C@@H](Oc2c3c(c(-c4ccc5c(c4)OCO5)c4cc5c(cc24)OCO5)C(=O)OC3)OC[C@H]1OC. The van der Waals surface area contributed by atoms with Crippen molar-refractivity contribution in [1.82, 2.24) is 0 Å². The molecule has 4 heterocycles. The summed E-state index contributed by atoms with van der Waals surface area (Å²) >= 11 is 0. The van der Waals surface area contributed by atoms with Crippen LogP contribution in [0.1, 0.15) is 15.9 Å². The Morgan fingerprint density at radius 2 is 1.55 bits per heavy atom. The van der Waals surface area contributed by atoms with Gasteiger partial charge in [0.15, 0.2) is 23.0 Å².